The first-order chi connectivity index (χ1) is 16.0. The summed E-state index contributed by atoms with van der Waals surface area (Å²) < 4.78 is 27.2. The average molecular weight is 504 g/mol. The standard InChI is InChI=1S/C21H33N3O9S/c1-10(25)29-9-16-17(30-11(2)26)18(31-12(3)27)19(32-13(4)28)20(33-16)24-21(34)23-15-8-6-5-7-14(15)22/h14-20H,5-9,22H2,1-4H3,(H2,23,24,34)/t14-,15-,16-,17-,18+,19-,20-/m1/s1. The first-order valence-electron chi connectivity index (χ1n) is 11.1. The van der Waals surface area contributed by atoms with Crippen LogP contribution < -0.4 is 16.4 Å². The van der Waals surface area contributed by atoms with Gasteiger partial charge in [-0.15, -0.1) is 0 Å². The van der Waals surface area contributed by atoms with Crippen LogP contribution in [-0.4, -0.2) is 78.3 Å². The molecule has 1 saturated carbocycles. The first kappa shape index (κ1) is 27.7. The molecular weight excluding hydrogens is 470 g/mol. The van der Waals surface area contributed by atoms with Crippen LogP contribution in [0.2, 0.25) is 0 Å². The third kappa shape index (κ3) is 8.37. The lowest BCUT2D eigenvalue weighted by molar-refractivity contribution is -0.254. The summed E-state index contributed by atoms with van der Waals surface area (Å²) in [5.74, 6) is -2.69. The molecule has 0 aromatic rings. The summed E-state index contributed by atoms with van der Waals surface area (Å²) in [4.78, 5) is 46.9. The monoisotopic (exact) mass is 503 g/mol. The molecule has 12 nitrogen and oxygen atoms in total. The quantitative estimate of drug-likeness (QED) is 0.238. The van der Waals surface area contributed by atoms with Crippen molar-refractivity contribution in [3.8, 4) is 0 Å². The van der Waals surface area contributed by atoms with E-state index in [0.717, 1.165) is 39.5 Å². The number of carbonyl (C=O) groups excluding carboxylic acids is 4. The van der Waals surface area contributed by atoms with Gasteiger partial charge in [-0.3, -0.25) is 19.2 Å². The van der Waals surface area contributed by atoms with Crippen molar-refractivity contribution < 1.29 is 42.9 Å². The van der Waals surface area contributed by atoms with E-state index in [1.54, 1.807) is 0 Å². The number of thiocarbonyl (C=S) groups is 1. The third-order valence-electron chi connectivity index (χ3n) is 5.40. The Kier molecular flexibility index (Phi) is 10.5. The van der Waals surface area contributed by atoms with Gasteiger partial charge in [0, 0.05) is 39.8 Å². The van der Waals surface area contributed by atoms with Crippen LogP contribution in [0.3, 0.4) is 0 Å². The minimum Gasteiger partial charge on any atom is -0.463 e. The van der Waals surface area contributed by atoms with Crippen molar-refractivity contribution in [1.29, 1.82) is 0 Å². The highest BCUT2D eigenvalue weighted by atomic mass is 32.1. The number of hydrogen-bond donors (Lipinski definition) is 3. The van der Waals surface area contributed by atoms with Gasteiger partial charge in [0.2, 0.25) is 0 Å². The number of esters is 4. The highest BCUT2D eigenvalue weighted by Crippen LogP contribution is 2.28. The maximum atomic E-state index is 11.9. The van der Waals surface area contributed by atoms with Crippen molar-refractivity contribution in [1.82, 2.24) is 10.6 Å². The molecule has 1 aliphatic carbocycles. The Bertz CT molecular complexity index is 781. The predicted molar refractivity (Wildman–Crippen MR) is 121 cm³/mol. The van der Waals surface area contributed by atoms with Gasteiger partial charge in [-0.1, -0.05) is 12.8 Å². The van der Waals surface area contributed by atoms with Gasteiger partial charge < -0.3 is 40.1 Å². The largest absolute Gasteiger partial charge is 0.463 e. The highest BCUT2D eigenvalue weighted by Gasteiger charge is 2.52. The first-order valence-corrected chi connectivity index (χ1v) is 11.5. The molecule has 192 valence electrons. The van der Waals surface area contributed by atoms with Crippen LogP contribution in [-0.2, 0) is 42.9 Å². The Hall–Kier alpha value is -2.51. The zero-order valence-corrected chi connectivity index (χ0v) is 20.6. The van der Waals surface area contributed by atoms with Crippen molar-refractivity contribution >= 4 is 41.2 Å². The molecule has 0 aromatic carbocycles. The van der Waals surface area contributed by atoms with Crippen LogP contribution in [0.1, 0.15) is 53.4 Å². The minimum absolute atomic E-state index is 0.0561. The maximum Gasteiger partial charge on any atom is 0.303 e. The molecule has 34 heavy (non-hydrogen) atoms. The second-order valence-corrected chi connectivity index (χ2v) is 8.70. The molecule has 0 bridgehead atoms. The number of nitrogens with one attached hydrogen (secondary N) is 2. The lowest BCUT2D eigenvalue weighted by atomic mass is 9.91. The fourth-order valence-corrected chi connectivity index (χ4v) is 4.29. The highest BCUT2D eigenvalue weighted by molar-refractivity contribution is 7.80. The van der Waals surface area contributed by atoms with Crippen molar-refractivity contribution in [2.45, 2.75) is 96.1 Å². The molecule has 1 saturated heterocycles. The second-order valence-electron chi connectivity index (χ2n) is 8.29. The second kappa shape index (κ2) is 12.8. The SMILES string of the molecule is CC(=O)OC[C@H]1O[C@@H](NC(=S)N[C@@H]2CCCC[C@H]2N)[C@H](OC(C)=O)[C@@H](OC(C)=O)[C@@H]1OC(C)=O. The molecule has 4 N–H and O–H groups in total. The van der Waals surface area contributed by atoms with Crippen LogP contribution in [0.15, 0.2) is 0 Å². The number of ether oxygens (including phenoxy) is 5. The summed E-state index contributed by atoms with van der Waals surface area (Å²) in [6, 6.07) is -0.136. The molecule has 7 atom stereocenters. The van der Waals surface area contributed by atoms with Gasteiger partial charge in [-0.25, -0.2) is 0 Å². The van der Waals surface area contributed by atoms with E-state index in [2.05, 4.69) is 10.6 Å². The Morgan fingerprint density at radius 1 is 0.853 bits per heavy atom. The fourth-order valence-electron chi connectivity index (χ4n) is 4.02. The normalized spacial score (nSPS) is 30.9. The van der Waals surface area contributed by atoms with E-state index in [1.807, 2.05) is 0 Å². The lowest BCUT2D eigenvalue weighted by Gasteiger charge is -2.45. The molecule has 1 aliphatic heterocycles. The molecule has 0 amide bonds. The smallest absolute Gasteiger partial charge is 0.303 e. The zero-order chi connectivity index (χ0) is 25.4. The zero-order valence-electron chi connectivity index (χ0n) is 19.7. The van der Waals surface area contributed by atoms with E-state index in [0.29, 0.717) is 0 Å². The van der Waals surface area contributed by atoms with Crippen LogP contribution in [0.5, 0.6) is 0 Å². The summed E-state index contributed by atoms with van der Waals surface area (Å²) in [6.45, 7) is 4.38. The lowest BCUT2D eigenvalue weighted by Crippen LogP contribution is -2.67. The van der Waals surface area contributed by atoms with Crippen molar-refractivity contribution in [3.63, 3.8) is 0 Å². The molecule has 0 radical (unpaired) electrons. The van der Waals surface area contributed by atoms with Crippen LogP contribution in [0.25, 0.3) is 0 Å². The van der Waals surface area contributed by atoms with E-state index in [4.69, 9.17) is 41.6 Å². The van der Waals surface area contributed by atoms with E-state index in [1.165, 1.54) is 13.8 Å². The van der Waals surface area contributed by atoms with Gasteiger partial charge in [0.05, 0.1) is 0 Å². The molecule has 0 aromatic heterocycles. The Labute approximate surface area is 203 Å². The Balaban J connectivity index is 2.31. The van der Waals surface area contributed by atoms with Crippen molar-refractivity contribution in [3.05, 3.63) is 0 Å². The maximum absolute atomic E-state index is 11.9. The summed E-state index contributed by atoms with van der Waals surface area (Å²) >= 11 is 5.43. The number of carbonyl (C=O) groups is 4. The van der Waals surface area contributed by atoms with Crippen LogP contribution >= 0.6 is 12.2 Å². The average Bonchev–Trinajstić information content (AvgIpc) is 2.71. The van der Waals surface area contributed by atoms with Crippen molar-refractivity contribution in [2.24, 2.45) is 5.73 Å². The van der Waals surface area contributed by atoms with Crippen molar-refractivity contribution in [2.75, 3.05) is 6.61 Å². The number of rotatable bonds is 7. The molecule has 2 fully saturated rings. The molecule has 2 rings (SSSR count). The minimum atomic E-state index is -1.27. The summed E-state index contributed by atoms with van der Waals surface area (Å²) in [5, 5.41) is 6.26. The summed E-state index contributed by atoms with van der Waals surface area (Å²) in [5.41, 5.74) is 6.18. The van der Waals surface area contributed by atoms with Gasteiger partial charge >= 0.3 is 23.9 Å². The molecule has 1 heterocycles. The number of hydrogen-bond acceptors (Lipinski definition) is 11. The Morgan fingerprint density at radius 3 is 1.97 bits per heavy atom. The predicted octanol–water partition coefficient (Wildman–Crippen LogP) is -0.196. The van der Waals surface area contributed by atoms with Gasteiger partial charge in [-0.05, 0) is 25.1 Å². The summed E-state index contributed by atoms with van der Waals surface area (Å²) in [7, 11) is 0. The van der Waals surface area contributed by atoms with E-state index in [-0.39, 0.29) is 23.8 Å². The molecule has 0 unspecified atom stereocenters. The summed E-state index contributed by atoms with van der Waals surface area (Å²) in [6.07, 6.45) is -2.17. The number of nitrogens with two attached hydrogens (primary N) is 1. The topological polar surface area (TPSA) is 165 Å². The molecule has 0 spiro atoms. The van der Waals surface area contributed by atoms with Gasteiger partial charge in [0.25, 0.3) is 0 Å². The van der Waals surface area contributed by atoms with E-state index >= 15 is 0 Å². The molecular formula is C21H33N3O9S. The van der Waals surface area contributed by atoms with Gasteiger partial charge in [0.15, 0.2) is 29.7 Å². The van der Waals surface area contributed by atoms with Crippen LogP contribution in [0, 0.1) is 0 Å². The Morgan fingerprint density at radius 2 is 1.41 bits per heavy atom. The third-order valence-corrected chi connectivity index (χ3v) is 5.64. The van der Waals surface area contributed by atoms with Gasteiger partial charge in [-0.2, -0.15) is 0 Å². The fraction of sp³-hybridized carbons (Fsp3) is 0.762. The molecule has 13 heteroatoms. The van der Waals surface area contributed by atoms with Crippen LogP contribution in [0.4, 0.5) is 0 Å². The molecule has 2 aliphatic rings. The van der Waals surface area contributed by atoms with E-state index < -0.39 is 54.5 Å². The van der Waals surface area contributed by atoms with E-state index in [9.17, 15) is 19.2 Å². The van der Waals surface area contributed by atoms with Gasteiger partial charge in [0.1, 0.15) is 12.7 Å².